The molecule has 0 spiro atoms. The van der Waals surface area contributed by atoms with Crippen molar-refractivity contribution in [3.63, 3.8) is 0 Å². The Bertz CT molecular complexity index is 660. The van der Waals surface area contributed by atoms with Crippen LogP contribution in [0.4, 0.5) is 15.8 Å². The fraction of sp³-hybridized carbons (Fsp3) is 0.188. The van der Waals surface area contributed by atoms with Gasteiger partial charge in [-0.15, -0.1) is 0 Å². The largest absolute Gasteiger partial charge is 0.399 e. The molecule has 5 heteroatoms. The minimum atomic E-state index is -0.454. The number of amides is 1. The number of carbonyl (C=O) groups excluding carboxylic acids is 1. The second-order valence-corrected chi connectivity index (χ2v) is 5.54. The highest BCUT2D eigenvalue weighted by Crippen LogP contribution is 2.22. The number of nitrogen functional groups attached to an aromatic ring is 1. The molecule has 0 radical (unpaired) electrons. The lowest BCUT2D eigenvalue weighted by atomic mass is 10.1. The first-order chi connectivity index (χ1) is 10.0. The van der Waals surface area contributed by atoms with Gasteiger partial charge in [-0.05, 0) is 58.7 Å². The summed E-state index contributed by atoms with van der Waals surface area (Å²) in [5.41, 5.74) is 7.38. The summed E-state index contributed by atoms with van der Waals surface area (Å²) in [6, 6.07) is 11.5. The van der Waals surface area contributed by atoms with Crippen molar-refractivity contribution in [2.75, 3.05) is 17.2 Å². The van der Waals surface area contributed by atoms with Crippen LogP contribution in [0.5, 0.6) is 0 Å². The summed E-state index contributed by atoms with van der Waals surface area (Å²) < 4.78 is 14.0. The maximum absolute atomic E-state index is 13.6. The molecular weight excluding hydrogens is 335 g/mol. The average Bonchev–Trinajstić information content (AvgIpc) is 2.47. The Morgan fingerprint density at radius 2 is 2.05 bits per heavy atom. The first-order valence-electron chi connectivity index (χ1n) is 6.65. The van der Waals surface area contributed by atoms with Crippen LogP contribution in [0.3, 0.4) is 0 Å². The summed E-state index contributed by atoms with van der Waals surface area (Å²) in [6.45, 7) is 2.52. The Morgan fingerprint density at radius 1 is 1.29 bits per heavy atom. The predicted octanol–water partition coefficient (Wildman–Crippen LogP) is 4.23. The van der Waals surface area contributed by atoms with Crippen molar-refractivity contribution in [2.45, 2.75) is 13.3 Å². The van der Waals surface area contributed by atoms with E-state index in [1.807, 2.05) is 13.0 Å². The number of nitrogens with zero attached hydrogens (tertiary/aromatic N) is 1. The zero-order valence-corrected chi connectivity index (χ0v) is 13.2. The van der Waals surface area contributed by atoms with Crippen molar-refractivity contribution < 1.29 is 9.18 Å². The highest BCUT2D eigenvalue weighted by atomic mass is 79.9. The van der Waals surface area contributed by atoms with Crippen molar-refractivity contribution in [3.05, 3.63) is 58.3 Å². The van der Waals surface area contributed by atoms with Gasteiger partial charge in [0, 0.05) is 23.5 Å². The van der Waals surface area contributed by atoms with Gasteiger partial charge in [0.2, 0.25) is 0 Å². The number of rotatable bonds is 4. The SMILES string of the molecule is CCCN(C(=O)c1ccc(Br)c(F)c1)c1cccc(N)c1. The molecule has 2 rings (SSSR count). The fourth-order valence-electron chi connectivity index (χ4n) is 2.05. The molecular formula is C16H16BrFN2O. The Balaban J connectivity index is 2.37. The van der Waals surface area contributed by atoms with Crippen LogP contribution < -0.4 is 10.6 Å². The lowest BCUT2D eigenvalue weighted by Crippen LogP contribution is -2.31. The van der Waals surface area contributed by atoms with E-state index in [9.17, 15) is 9.18 Å². The number of hydrogen-bond acceptors (Lipinski definition) is 2. The molecule has 0 bridgehead atoms. The number of benzene rings is 2. The van der Waals surface area contributed by atoms with E-state index in [4.69, 9.17) is 5.73 Å². The van der Waals surface area contributed by atoms with Gasteiger partial charge in [-0.1, -0.05) is 13.0 Å². The zero-order chi connectivity index (χ0) is 15.4. The molecule has 0 saturated carbocycles. The second kappa shape index (κ2) is 6.72. The van der Waals surface area contributed by atoms with Crippen LogP contribution >= 0.6 is 15.9 Å². The van der Waals surface area contributed by atoms with E-state index >= 15 is 0 Å². The summed E-state index contributed by atoms with van der Waals surface area (Å²) in [7, 11) is 0. The monoisotopic (exact) mass is 350 g/mol. The number of halogens is 2. The van der Waals surface area contributed by atoms with Gasteiger partial charge >= 0.3 is 0 Å². The van der Waals surface area contributed by atoms with Gasteiger partial charge in [0.05, 0.1) is 4.47 Å². The van der Waals surface area contributed by atoms with Gasteiger partial charge in [-0.2, -0.15) is 0 Å². The third-order valence-corrected chi connectivity index (χ3v) is 3.68. The minimum absolute atomic E-state index is 0.242. The normalized spacial score (nSPS) is 10.4. The van der Waals surface area contributed by atoms with Gasteiger partial charge in [-0.25, -0.2) is 4.39 Å². The fourth-order valence-corrected chi connectivity index (χ4v) is 2.30. The third-order valence-electron chi connectivity index (χ3n) is 3.04. The zero-order valence-electron chi connectivity index (χ0n) is 11.6. The van der Waals surface area contributed by atoms with Crippen LogP contribution in [0.2, 0.25) is 0 Å². The molecule has 0 unspecified atom stereocenters. The van der Waals surface area contributed by atoms with E-state index in [0.29, 0.717) is 28.0 Å². The van der Waals surface area contributed by atoms with E-state index in [2.05, 4.69) is 15.9 Å². The topological polar surface area (TPSA) is 46.3 Å². The predicted molar refractivity (Wildman–Crippen MR) is 86.9 cm³/mol. The Labute approximate surface area is 131 Å². The molecule has 0 aliphatic carbocycles. The highest BCUT2D eigenvalue weighted by molar-refractivity contribution is 9.10. The van der Waals surface area contributed by atoms with Crippen molar-refractivity contribution >= 4 is 33.2 Å². The molecule has 0 saturated heterocycles. The molecule has 21 heavy (non-hydrogen) atoms. The molecule has 0 aromatic heterocycles. The van der Waals surface area contributed by atoms with Gasteiger partial charge in [0.15, 0.2) is 0 Å². The quantitative estimate of drug-likeness (QED) is 0.838. The molecule has 2 N–H and O–H groups in total. The third kappa shape index (κ3) is 3.61. The van der Waals surface area contributed by atoms with Crippen LogP contribution in [0.25, 0.3) is 0 Å². The molecule has 0 aliphatic heterocycles. The van der Waals surface area contributed by atoms with Gasteiger partial charge in [-0.3, -0.25) is 4.79 Å². The minimum Gasteiger partial charge on any atom is -0.399 e. The van der Waals surface area contributed by atoms with E-state index in [0.717, 1.165) is 6.42 Å². The molecule has 2 aromatic carbocycles. The molecule has 0 aliphatic rings. The average molecular weight is 351 g/mol. The molecule has 2 aromatic rings. The lowest BCUT2D eigenvalue weighted by molar-refractivity contribution is 0.0986. The number of hydrogen-bond donors (Lipinski definition) is 1. The van der Waals surface area contributed by atoms with Crippen LogP contribution in [-0.4, -0.2) is 12.5 Å². The summed E-state index contributed by atoms with van der Waals surface area (Å²) >= 11 is 3.08. The molecule has 1 amide bonds. The molecule has 110 valence electrons. The molecule has 3 nitrogen and oxygen atoms in total. The Morgan fingerprint density at radius 3 is 2.67 bits per heavy atom. The van der Waals surface area contributed by atoms with Gasteiger partial charge in [0.25, 0.3) is 5.91 Å². The second-order valence-electron chi connectivity index (χ2n) is 4.68. The van der Waals surface area contributed by atoms with E-state index in [1.54, 1.807) is 29.2 Å². The van der Waals surface area contributed by atoms with Gasteiger partial charge in [0.1, 0.15) is 5.82 Å². The summed E-state index contributed by atoms with van der Waals surface area (Å²) in [6.07, 6.45) is 0.791. The first-order valence-corrected chi connectivity index (χ1v) is 7.44. The maximum atomic E-state index is 13.6. The van der Waals surface area contributed by atoms with Crippen LogP contribution in [0.1, 0.15) is 23.7 Å². The lowest BCUT2D eigenvalue weighted by Gasteiger charge is -2.22. The van der Waals surface area contributed by atoms with Gasteiger partial charge < -0.3 is 10.6 Å². The standard InChI is InChI=1S/C16H16BrFN2O/c1-2-8-20(13-5-3-4-12(19)10-13)16(21)11-6-7-14(17)15(18)9-11/h3-7,9-10H,2,8,19H2,1H3. The van der Waals surface area contributed by atoms with E-state index < -0.39 is 5.82 Å². The first kappa shape index (κ1) is 15.5. The van der Waals surface area contributed by atoms with Crippen molar-refractivity contribution in [1.82, 2.24) is 0 Å². The highest BCUT2D eigenvalue weighted by Gasteiger charge is 2.18. The Kier molecular flexibility index (Phi) is 4.96. The van der Waals surface area contributed by atoms with Crippen LogP contribution in [-0.2, 0) is 0 Å². The number of nitrogens with two attached hydrogens (primary N) is 1. The van der Waals surface area contributed by atoms with E-state index in [1.165, 1.54) is 12.1 Å². The number of carbonyl (C=O) groups is 1. The van der Waals surface area contributed by atoms with Crippen molar-refractivity contribution in [1.29, 1.82) is 0 Å². The van der Waals surface area contributed by atoms with Crippen LogP contribution in [0, 0.1) is 5.82 Å². The Hall–Kier alpha value is -1.88. The van der Waals surface area contributed by atoms with Crippen LogP contribution in [0.15, 0.2) is 46.9 Å². The summed E-state index contributed by atoms with van der Waals surface area (Å²) in [5, 5.41) is 0. The molecule has 0 atom stereocenters. The van der Waals surface area contributed by atoms with E-state index in [-0.39, 0.29) is 5.91 Å². The summed E-state index contributed by atoms with van der Waals surface area (Å²) in [4.78, 5) is 14.2. The number of anilines is 2. The summed E-state index contributed by atoms with van der Waals surface area (Å²) in [5.74, 6) is -0.696. The van der Waals surface area contributed by atoms with Crippen molar-refractivity contribution in [2.24, 2.45) is 0 Å². The maximum Gasteiger partial charge on any atom is 0.258 e. The van der Waals surface area contributed by atoms with Crippen molar-refractivity contribution in [3.8, 4) is 0 Å². The molecule has 0 heterocycles. The molecule has 0 fully saturated rings. The smallest absolute Gasteiger partial charge is 0.258 e.